The SMILES string of the molecule is COc1c(C(=O)CBr)ccc(CS(=O)(=O)c2ccccc2)c1C(=O)O. The van der Waals surface area contributed by atoms with Crippen molar-refractivity contribution < 1.29 is 27.9 Å². The zero-order valence-electron chi connectivity index (χ0n) is 13.2. The summed E-state index contributed by atoms with van der Waals surface area (Å²) in [7, 11) is -2.51. The fourth-order valence-corrected chi connectivity index (χ4v) is 4.09. The van der Waals surface area contributed by atoms with Crippen LogP contribution < -0.4 is 4.74 Å². The molecule has 2 rings (SSSR count). The molecular weight excluding hydrogens is 412 g/mol. The summed E-state index contributed by atoms with van der Waals surface area (Å²) >= 11 is 3.03. The van der Waals surface area contributed by atoms with Crippen molar-refractivity contribution in [1.29, 1.82) is 0 Å². The van der Waals surface area contributed by atoms with Crippen molar-refractivity contribution in [2.45, 2.75) is 10.6 Å². The van der Waals surface area contributed by atoms with Gasteiger partial charge >= 0.3 is 5.97 Å². The van der Waals surface area contributed by atoms with Gasteiger partial charge in [-0.05, 0) is 23.8 Å². The summed E-state index contributed by atoms with van der Waals surface area (Å²) < 4.78 is 30.2. The van der Waals surface area contributed by atoms with Gasteiger partial charge in [-0.3, -0.25) is 4.79 Å². The van der Waals surface area contributed by atoms with E-state index >= 15 is 0 Å². The number of ketones is 1. The molecule has 8 heteroatoms. The number of hydrogen-bond donors (Lipinski definition) is 1. The molecule has 0 fully saturated rings. The molecule has 0 bridgehead atoms. The van der Waals surface area contributed by atoms with Gasteiger partial charge in [0.15, 0.2) is 15.6 Å². The van der Waals surface area contributed by atoms with Crippen LogP contribution in [0, 0.1) is 0 Å². The first-order chi connectivity index (χ1) is 11.8. The predicted octanol–water partition coefficient (Wildman–Crippen LogP) is 2.94. The lowest BCUT2D eigenvalue weighted by atomic mass is 10.0. The average molecular weight is 427 g/mol. The Morgan fingerprint density at radius 3 is 2.28 bits per heavy atom. The Hall–Kier alpha value is -2.19. The van der Waals surface area contributed by atoms with E-state index in [9.17, 15) is 23.1 Å². The van der Waals surface area contributed by atoms with Gasteiger partial charge in [-0.15, -0.1) is 0 Å². The van der Waals surface area contributed by atoms with Crippen LogP contribution in [0.3, 0.4) is 0 Å². The summed E-state index contributed by atoms with van der Waals surface area (Å²) in [6.07, 6.45) is 0. The van der Waals surface area contributed by atoms with Crippen molar-refractivity contribution in [3.05, 3.63) is 59.2 Å². The van der Waals surface area contributed by atoms with E-state index in [0.29, 0.717) is 0 Å². The van der Waals surface area contributed by atoms with Gasteiger partial charge in [0.1, 0.15) is 11.3 Å². The standard InChI is InChI=1S/C17H15BrO6S/c1-24-16-13(14(19)9-18)8-7-11(15(16)17(20)21)10-25(22,23)12-5-3-2-4-6-12/h2-8H,9-10H2,1H3,(H,20,21). The van der Waals surface area contributed by atoms with Crippen LogP contribution >= 0.6 is 15.9 Å². The number of alkyl halides is 1. The van der Waals surface area contributed by atoms with Gasteiger partial charge in [-0.2, -0.15) is 0 Å². The van der Waals surface area contributed by atoms with Crippen molar-refractivity contribution >= 4 is 37.5 Å². The van der Waals surface area contributed by atoms with E-state index in [2.05, 4.69) is 15.9 Å². The first-order valence-electron chi connectivity index (χ1n) is 7.12. The third-order valence-corrected chi connectivity index (χ3v) is 5.72. The normalized spacial score (nSPS) is 11.1. The summed E-state index contributed by atoms with van der Waals surface area (Å²) in [6.45, 7) is 0. The molecule has 25 heavy (non-hydrogen) atoms. The Morgan fingerprint density at radius 1 is 1.12 bits per heavy atom. The first-order valence-corrected chi connectivity index (χ1v) is 9.89. The number of sulfone groups is 1. The molecule has 1 N–H and O–H groups in total. The van der Waals surface area contributed by atoms with Crippen LogP contribution in [-0.4, -0.2) is 37.7 Å². The number of Topliss-reactive ketones (excluding diaryl/α,β-unsaturated/α-hetero) is 1. The van der Waals surface area contributed by atoms with Gasteiger partial charge in [0.25, 0.3) is 0 Å². The van der Waals surface area contributed by atoms with Crippen molar-refractivity contribution in [2.24, 2.45) is 0 Å². The maximum absolute atomic E-state index is 12.5. The van der Waals surface area contributed by atoms with E-state index in [-0.39, 0.29) is 38.4 Å². The van der Waals surface area contributed by atoms with Gasteiger partial charge in [0.05, 0.1) is 28.7 Å². The molecule has 2 aromatic carbocycles. The smallest absolute Gasteiger partial charge is 0.339 e. The second-order valence-corrected chi connectivity index (χ2v) is 7.66. The zero-order chi connectivity index (χ0) is 18.6. The third-order valence-electron chi connectivity index (χ3n) is 3.53. The highest BCUT2D eigenvalue weighted by molar-refractivity contribution is 9.09. The molecule has 0 spiro atoms. The van der Waals surface area contributed by atoms with Gasteiger partial charge in [0, 0.05) is 0 Å². The van der Waals surface area contributed by atoms with Crippen molar-refractivity contribution in [1.82, 2.24) is 0 Å². The Balaban J connectivity index is 2.59. The Morgan fingerprint density at radius 2 is 1.76 bits per heavy atom. The predicted molar refractivity (Wildman–Crippen MR) is 95.4 cm³/mol. The minimum Gasteiger partial charge on any atom is -0.495 e. The fraction of sp³-hybridized carbons (Fsp3) is 0.176. The van der Waals surface area contributed by atoms with E-state index in [4.69, 9.17) is 4.74 Å². The third kappa shape index (κ3) is 4.08. The van der Waals surface area contributed by atoms with Crippen LogP contribution in [0.5, 0.6) is 5.75 Å². The number of carbonyl (C=O) groups is 2. The number of methoxy groups -OCH3 is 1. The van der Waals surface area contributed by atoms with Gasteiger partial charge in [-0.1, -0.05) is 40.2 Å². The quantitative estimate of drug-likeness (QED) is 0.539. The highest BCUT2D eigenvalue weighted by Gasteiger charge is 2.26. The number of hydrogen-bond acceptors (Lipinski definition) is 5. The number of rotatable bonds is 7. The molecular formula is C17H15BrO6S. The van der Waals surface area contributed by atoms with E-state index in [1.165, 1.54) is 31.4 Å². The second kappa shape index (κ2) is 7.79. The van der Waals surface area contributed by atoms with Crippen LogP contribution in [0.15, 0.2) is 47.4 Å². The number of benzene rings is 2. The van der Waals surface area contributed by atoms with E-state index in [1.54, 1.807) is 18.2 Å². The minimum atomic E-state index is -3.75. The molecule has 0 aromatic heterocycles. The molecule has 0 radical (unpaired) electrons. The van der Waals surface area contributed by atoms with Crippen LogP contribution in [-0.2, 0) is 15.6 Å². The molecule has 0 saturated carbocycles. The molecule has 6 nitrogen and oxygen atoms in total. The Bertz CT molecular complexity index is 906. The maximum atomic E-state index is 12.5. The highest BCUT2D eigenvalue weighted by Crippen LogP contribution is 2.30. The van der Waals surface area contributed by atoms with Crippen molar-refractivity contribution in [3.8, 4) is 5.75 Å². The molecule has 0 saturated heterocycles. The average Bonchev–Trinajstić information content (AvgIpc) is 2.60. The van der Waals surface area contributed by atoms with Gasteiger partial charge in [-0.25, -0.2) is 13.2 Å². The van der Waals surface area contributed by atoms with Crippen LogP contribution in [0.4, 0.5) is 0 Å². The second-order valence-electron chi connectivity index (χ2n) is 5.11. The highest BCUT2D eigenvalue weighted by atomic mass is 79.9. The number of carbonyl (C=O) groups excluding carboxylic acids is 1. The van der Waals surface area contributed by atoms with Gasteiger partial charge < -0.3 is 9.84 Å². The van der Waals surface area contributed by atoms with Crippen LogP contribution in [0.2, 0.25) is 0 Å². The molecule has 0 aliphatic carbocycles. The topological polar surface area (TPSA) is 97.7 Å². The fourth-order valence-electron chi connectivity index (χ4n) is 2.40. The van der Waals surface area contributed by atoms with Crippen LogP contribution in [0.1, 0.15) is 26.3 Å². The molecule has 0 unspecified atom stereocenters. The summed E-state index contributed by atoms with van der Waals surface area (Å²) in [4.78, 5) is 23.7. The molecule has 0 amide bonds. The molecule has 2 aromatic rings. The molecule has 0 aliphatic heterocycles. The summed E-state index contributed by atoms with van der Waals surface area (Å²) in [5, 5.41) is 9.52. The maximum Gasteiger partial charge on any atom is 0.339 e. The number of aromatic carboxylic acids is 1. The summed E-state index contributed by atoms with van der Waals surface area (Å²) in [6, 6.07) is 10.5. The lowest BCUT2D eigenvalue weighted by Crippen LogP contribution is -2.14. The zero-order valence-corrected chi connectivity index (χ0v) is 15.6. The molecule has 0 aliphatic rings. The lowest BCUT2D eigenvalue weighted by Gasteiger charge is -2.14. The molecule has 0 heterocycles. The van der Waals surface area contributed by atoms with Crippen LogP contribution in [0.25, 0.3) is 0 Å². The van der Waals surface area contributed by atoms with Crippen molar-refractivity contribution in [2.75, 3.05) is 12.4 Å². The summed E-state index contributed by atoms with van der Waals surface area (Å²) in [5.41, 5.74) is -0.189. The number of carboxylic acids is 1. The summed E-state index contributed by atoms with van der Waals surface area (Å²) in [5.74, 6) is -2.38. The molecule has 0 atom stereocenters. The largest absolute Gasteiger partial charge is 0.495 e. The number of ether oxygens (including phenoxy) is 1. The van der Waals surface area contributed by atoms with E-state index < -0.39 is 21.6 Å². The lowest BCUT2D eigenvalue weighted by molar-refractivity contribution is 0.0692. The first kappa shape index (κ1) is 19.1. The Kier molecular flexibility index (Phi) is 5.97. The van der Waals surface area contributed by atoms with E-state index in [1.807, 2.05) is 0 Å². The van der Waals surface area contributed by atoms with E-state index in [0.717, 1.165) is 0 Å². The van der Waals surface area contributed by atoms with Gasteiger partial charge in [0.2, 0.25) is 0 Å². The number of halogens is 1. The number of carboxylic acid groups (broad SMARTS) is 1. The van der Waals surface area contributed by atoms with Crippen molar-refractivity contribution in [3.63, 3.8) is 0 Å². The molecule has 132 valence electrons. The minimum absolute atomic E-state index is 0.00984. The Labute approximate surface area is 153 Å². The monoisotopic (exact) mass is 426 g/mol.